The summed E-state index contributed by atoms with van der Waals surface area (Å²) in [5.74, 6) is -0.401. The third-order valence-electron chi connectivity index (χ3n) is 6.43. The maximum absolute atomic E-state index is 14.4. The first-order valence-corrected chi connectivity index (χ1v) is 10.6. The second-order valence-electron chi connectivity index (χ2n) is 8.07. The molecular weight excluding hydrogens is 367 g/mol. The molecule has 2 aliphatic heterocycles. The number of nitrogens with zero attached hydrogens (tertiary/aromatic N) is 2. The van der Waals surface area contributed by atoms with Crippen molar-refractivity contribution in [2.45, 2.75) is 65.0 Å². The van der Waals surface area contributed by atoms with Gasteiger partial charge in [-0.25, -0.2) is 9.37 Å². The molecule has 5 heteroatoms. The number of hydrogen-bond acceptors (Lipinski definition) is 3. The first-order valence-electron chi connectivity index (χ1n) is 10.6. The molecular formula is C24H25FN2O2. The Kier molecular flexibility index (Phi) is 4.50. The van der Waals surface area contributed by atoms with E-state index in [-0.39, 0.29) is 12.2 Å². The quantitative estimate of drug-likeness (QED) is 0.486. The van der Waals surface area contributed by atoms with Crippen LogP contribution in [0.15, 0.2) is 35.1 Å². The Morgan fingerprint density at radius 2 is 2.07 bits per heavy atom. The van der Waals surface area contributed by atoms with Gasteiger partial charge in [0.2, 0.25) is 6.36 Å². The minimum Gasteiger partial charge on any atom is -0.343 e. The normalized spacial score (nSPS) is 19.8. The second kappa shape index (κ2) is 7.06. The monoisotopic (exact) mass is 392 g/mol. The van der Waals surface area contributed by atoms with Gasteiger partial charge in [-0.3, -0.25) is 4.79 Å². The number of alkyl halides is 1. The highest BCUT2D eigenvalue weighted by atomic mass is 19.1. The molecule has 4 nitrogen and oxygen atoms in total. The van der Waals surface area contributed by atoms with Gasteiger partial charge in [0.05, 0.1) is 30.1 Å². The SMILES string of the molecule is CCCCc1c2c(nc3ccccc13)-c1cc3c(c(=O)n1C2)CO[C@@H](F)C3CC. The number of aryl methyl sites for hydroxylation is 1. The lowest BCUT2D eigenvalue weighted by Gasteiger charge is -2.28. The third-order valence-corrected chi connectivity index (χ3v) is 6.43. The van der Waals surface area contributed by atoms with Crippen molar-refractivity contribution in [3.05, 3.63) is 62.9 Å². The molecule has 29 heavy (non-hydrogen) atoms. The van der Waals surface area contributed by atoms with Crippen LogP contribution in [0.2, 0.25) is 0 Å². The van der Waals surface area contributed by atoms with E-state index in [0.717, 1.165) is 47.3 Å². The maximum atomic E-state index is 14.4. The number of unbranched alkanes of at least 4 members (excludes halogenated alkanes) is 1. The van der Waals surface area contributed by atoms with Crippen molar-refractivity contribution in [1.29, 1.82) is 0 Å². The number of aromatic nitrogens is 2. The van der Waals surface area contributed by atoms with Gasteiger partial charge in [-0.1, -0.05) is 38.5 Å². The Bertz CT molecular complexity index is 1170. The van der Waals surface area contributed by atoms with Crippen LogP contribution in [0.3, 0.4) is 0 Å². The highest BCUT2D eigenvalue weighted by molar-refractivity contribution is 5.88. The molecule has 3 aromatic rings. The van der Waals surface area contributed by atoms with Gasteiger partial charge in [-0.15, -0.1) is 0 Å². The fourth-order valence-electron chi connectivity index (χ4n) is 4.86. The molecule has 0 spiro atoms. The molecule has 4 heterocycles. The average molecular weight is 392 g/mol. The molecule has 2 aromatic heterocycles. The number of para-hydroxylation sites is 1. The molecule has 1 unspecified atom stereocenters. The van der Waals surface area contributed by atoms with Crippen molar-refractivity contribution >= 4 is 10.9 Å². The van der Waals surface area contributed by atoms with Crippen molar-refractivity contribution in [3.63, 3.8) is 0 Å². The Morgan fingerprint density at radius 3 is 2.86 bits per heavy atom. The molecule has 2 atom stereocenters. The third kappa shape index (κ3) is 2.75. The largest absolute Gasteiger partial charge is 0.343 e. The van der Waals surface area contributed by atoms with E-state index in [1.54, 1.807) is 4.57 Å². The highest BCUT2D eigenvalue weighted by Gasteiger charge is 2.35. The van der Waals surface area contributed by atoms with E-state index in [0.29, 0.717) is 18.5 Å². The molecule has 0 saturated heterocycles. The van der Waals surface area contributed by atoms with Gasteiger partial charge in [-0.2, -0.15) is 0 Å². The summed E-state index contributed by atoms with van der Waals surface area (Å²) in [6, 6.07) is 10.2. The molecule has 0 N–H and O–H groups in total. The van der Waals surface area contributed by atoms with Gasteiger partial charge in [0.25, 0.3) is 5.56 Å². The lowest BCUT2D eigenvalue weighted by molar-refractivity contribution is -0.0790. The standard InChI is InChI=1S/C24H25FN2O2/c1-3-5-8-15-16-9-6-7-10-20(16)26-22-18(15)12-27-21(22)11-17-14(4-2)23(25)29-13-19(17)24(27)28/h6-7,9-11,14,23H,3-5,8,12-13H2,1-2H3/t14?,23-/m1/s1. The lowest BCUT2D eigenvalue weighted by atomic mass is 9.90. The predicted octanol–water partition coefficient (Wildman–Crippen LogP) is 5.09. The molecule has 1 aromatic carbocycles. The van der Waals surface area contributed by atoms with E-state index in [1.165, 1.54) is 10.9 Å². The Balaban J connectivity index is 1.76. The fourth-order valence-corrected chi connectivity index (χ4v) is 4.86. The zero-order chi connectivity index (χ0) is 20.1. The first kappa shape index (κ1) is 18.5. The van der Waals surface area contributed by atoms with Crippen molar-refractivity contribution < 1.29 is 9.13 Å². The van der Waals surface area contributed by atoms with Crippen LogP contribution in [-0.4, -0.2) is 15.9 Å². The van der Waals surface area contributed by atoms with Crippen LogP contribution in [-0.2, 0) is 24.3 Å². The van der Waals surface area contributed by atoms with Gasteiger partial charge in [0, 0.05) is 22.4 Å². The number of fused-ring (bicyclic) bond motifs is 5. The number of hydrogen-bond donors (Lipinski definition) is 0. The second-order valence-corrected chi connectivity index (χ2v) is 8.07. The number of pyridine rings is 2. The summed E-state index contributed by atoms with van der Waals surface area (Å²) in [4.78, 5) is 18.2. The molecule has 5 rings (SSSR count). The summed E-state index contributed by atoms with van der Waals surface area (Å²) in [5, 5.41) is 1.17. The zero-order valence-corrected chi connectivity index (χ0v) is 16.9. The smallest absolute Gasteiger partial charge is 0.257 e. The maximum Gasteiger partial charge on any atom is 0.257 e. The van der Waals surface area contributed by atoms with Crippen LogP contribution in [0.4, 0.5) is 4.39 Å². The molecule has 0 radical (unpaired) electrons. The molecule has 0 aliphatic carbocycles. The fraction of sp³-hybridized carbons (Fsp3) is 0.417. The van der Waals surface area contributed by atoms with Crippen LogP contribution in [0, 0.1) is 0 Å². The molecule has 0 amide bonds. The highest BCUT2D eigenvalue weighted by Crippen LogP contribution is 2.40. The van der Waals surface area contributed by atoms with Crippen LogP contribution in [0.1, 0.15) is 61.3 Å². The predicted molar refractivity (Wildman–Crippen MR) is 112 cm³/mol. The summed E-state index contributed by atoms with van der Waals surface area (Å²) >= 11 is 0. The molecule has 0 fully saturated rings. The van der Waals surface area contributed by atoms with Gasteiger partial charge in [0.1, 0.15) is 0 Å². The van der Waals surface area contributed by atoms with Crippen LogP contribution < -0.4 is 5.56 Å². The van der Waals surface area contributed by atoms with E-state index in [4.69, 9.17) is 9.72 Å². The number of halogens is 1. The van der Waals surface area contributed by atoms with E-state index in [2.05, 4.69) is 13.0 Å². The minimum atomic E-state index is -1.36. The summed E-state index contributed by atoms with van der Waals surface area (Å²) in [6.45, 7) is 4.70. The Hall–Kier alpha value is -2.53. The topological polar surface area (TPSA) is 44.1 Å². The molecule has 0 saturated carbocycles. The van der Waals surface area contributed by atoms with Crippen LogP contribution in [0.5, 0.6) is 0 Å². The minimum absolute atomic E-state index is 0.0422. The average Bonchev–Trinajstić information content (AvgIpc) is 3.10. The van der Waals surface area contributed by atoms with E-state index >= 15 is 0 Å². The number of rotatable bonds is 4. The summed E-state index contributed by atoms with van der Waals surface area (Å²) in [6.07, 6.45) is 2.41. The molecule has 2 aliphatic rings. The van der Waals surface area contributed by atoms with Gasteiger partial charge < -0.3 is 9.30 Å². The van der Waals surface area contributed by atoms with Crippen LogP contribution in [0.25, 0.3) is 22.3 Å². The van der Waals surface area contributed by atoms with Gasteiger partial charge >= 0.3 is 0 Å². The Labute approximate surface area is 169 Å². The number of ether oxygens (including phenoxy) is 1. The van der Waals surface area contributed by atoms with Crippen molar-refractivity contribution in [3.8, 4) is 11.4 Å². The lowest BCUT2D eigenvalue weighted by Crippen LogP contribution is -2.33. The van der Waals surface area contributed by atoms with Crippen LogP contribution >= 0.6 is 0 Å². The summed E-state index contributed by atoms with van der Waals surface area (Å²) in [7, 11) is 0. The zero-order valence-electron chi connectivity index (χ0n) is 16.9. The van der Waals surface area contributed by atoms with Crippen molar-refractivity contribution in [2.24, 2.45) is 0 Å². The van der Waals surface area contributed by atoms with E-state index in [1.807, 2.05) is 31.2 Å². The summed E-state index contributed by atoms with van der Waals surface area (Å²) in [5.41, 5.74) is 6.41. The van der Waals surface area contributed by atoms with Crippen molar-refractivity contribution in [1.82, 2.24) is 9.55 Å². The van der Waals surface area contributed by atoms with E-state index < -0.39 is 12.3 Å². The molecule has 150 valence electrons. The first-order chi connectivity index (χ1) is 14.1. The van der Waals surface area contributed by atoms with Gasteiger partial charge in [0.15, 0.2) is 0 Å². The number of benzene rings is 1. The van der Waals surface area contributed by atoms with Crippen molar-refractivity contribution in [2.75, 3.05) is 0 Å². The van der Waals surface area contributed by atoms with E-state index in [9.17, 15) is 9.18 Å². The Morgan fingerprint density at radius 1 is 1.24 bits per heavy atom. The molecule has 0 bridgehead atoms. The summed E-state index contributed by atoms with van der Waals surface area (Å²) < 4.78 is 21.4. The van der Waals surface area contributed by atoms with Gasteiger partial charge in [-0.05, 0) is 42.5 Å².